The molecule has 0 saturated heterocycles. The molecule has 0 radical (unpaired) electrons. The highest BCUT2D eigenvalue weighted by Crippen LogP contribution is 2.22. The molecule has 0 heterocycles. The average Bonchev–Trinajstić information content (AvgIpc) is 2.21. The van der Waals surface area contributed by atoms with Gasteiger partial charge in [0.05, 0.1) is 5.69 Å². The first-order chi connectivity index (χ1) is 7.17. The van der Waals surface area contributed by atoms with E-state index in [-0.39, 0.29) is 0 Å². The minimum atomic E-state index is 0.557. The molecule has 5 heteroatoms. The fraction of sp³-hybridized carbons (Fsp3) is 0.300. The van der Waals surface area contributed by atoms with Crippen molar-refractivity contribution in [1.82, 2.24) is 5.43 Å². The van der Waals surface area contributed by atoms with Gasteiger partial charge in [-0.25, -0.2) is 5.84 Å². The minimum Gasteiger partial charge on any atom is -0.324 e. The summed E-state index contributed by atoms with van der Waals surface area (Å²) in [7, 11) is 0. The third kappa shape index (κ3) is 3.53. The van der Waals surface area contributed by atoms with Gasteiger partial charge in [-0.3, -0.25) is 10.4 Å². The highest BCUT2D eigenvalue weighted by atomic mass is 79.9. The summed E-state index contributed by atoms with van der Waals surface area (Å²) in [5, 5.41) is 3.09. The number of nitrogens with zero attached hydrogens (tertiary/aromatic N) is 1. The first kappa shape index (κ1) is 12.0. The maximum atomic E-state index is 5.33. The standard InChI is InChI=1S/C10H15BrN4/c1-3-13-10(15-12)14-9-5-4-7(2)6-8(9)11/h4-6H,3,12H2,1-2H3,(H2,13,14,15). The molecule has 0 saturated carbocycles. The summed E-state index contributed by atoms with van der Waals surface area (Å²) in [6, 6.07) is 6.03. The topological polar surface area (TPSA) is 62.4 Å². The molecule has 0 aliphatic rings. The number of hydrogen-bond acceptors (Lipinski definition) is 2. The van der Waals surface area contributed by atoms with Crippen LogP contribution < -0.4 is 16.6 Å². The predicted octanol–water partition coefficient (Wildman–Crippen LogP) is 2.01. The van der Waals surface area contributed by atoms with Crippen LogP contribution in [0, 0.1) is 6.92 Å². The van der Waals surface area contributed by atoms with Gasteiger partial charge >= 0.3 is 0 Å². The van der Waals surface area contributed by atoms with Gasteiger partial charge < -0.3 is 5.32 Å². The lowest BCUT2D eigenvalue weighted by Gasteiger charge is -2.10. The van der Waals surface area contributed by atoms with Gasteiger partial charge in [0.15, 0.2) is 0 Å². The van der Waals surface area contributed by atoms with E-state index in [0.717, 1.165) is 10.2 Å². The lowest BCUT2D eigenvalue weighted by Crippen LogP contribution is -2.36. The molecule has 0 spiro atoms. The van der Waals surface area contributed by atoms with E-state index in [1.54, 1.807) is 0 Å². The van der Waals surface area contributed by atoms with E-state index in [2.05, 4.69) is 31.7 Å². The zero-order chi connectivity index (χ0) is 11.3. The van der Waals surface area contributed by atoms with Gasteiger partial charge in [0.1, 0.15) is 0 Å². The molecule has 82 valence electrons. The van der Waals surface area contributed by atoms with E-state index in [1.165, 1.54) is 5.56 Å². The second kappa shape index (κ2) is 5.72. The van der Waals surface area contributed by atoms with E-state index < -0.39 is 0 Å². The largest absolute Gasteiger partial charge is 0.324 e. The molecule has 0 aliphatic carbocycles. The normalized spacial score (nSPS) is 11.3. The zero-order valence-electron chi connectivity index (χ0n) is 8.84. The Morgan fingerprint density at radius 2 is 2.27 bits per heavy atom. The molecule has 0 bridgehead atoms. The van der Waals surface area contributed by atoms with Crippen LogP contribution in [-0.4, -0.2) is 12.5 Å². The molecule has 0 unspecified atom stereocenters. The molecule has 1 aromatic rings. The van der Waals surface area contributed by atoms with Crippen LogP contribution in [-0.2, 0) is 0 Å². The Morgan fingerprint density at radius 3 is 2.80 bits per heavy atom. The molecule has 1 aromatic carbocycles. The molecule has 0 aliphatic heterocycles. The molecule has 0 atom stereocenters. The first-order valence-corrected chi connectivity index (χ1v) is 5.51. The van der Waals surface area contributed by atoms with Crippen LogP contribution in [0.25, 0.3) is 0 Å². The zero-order valence-corrected chi connectivity index (χ0v) is 10.4. The van der Waals surface area contributed by atoms with Crippen LogP contribution in [0.4, 0.5) is 5.69 Å². The number of nitrogens with one attached hydrogen (secondary N) is 2. The number of nitrogens with two attached hydrogens (primary N) is 1. The van der Waals surface area contributed by atoms with Crippen LogP contribution in [0.1, 0.15) is 12.5 Å². The SMILES string of the molecule is CCN=C(NN)Nc1ccc(C)cc1Br. The Balaban J connectivity index is 2.84. The Morgan fingerprint density at radius 1 is 1.53 bits per heavy atom. The van der Waals surface area contributed by atoms with E-state index in [0.29, 0.717) is 12.5 Å². The van der Waals surface area contributed by atoms with E-state index in [1.807, 2.05) is 32.0 Å². The van der Waals surface area contributed by atoms with Crippen LogP contribution in [0.2, 0.25) is 0 Å². The van der Waals surface area contributed by atoms with Gasteiger partial charge in [0, 0.05) is 11.0 Å². The molecule has 0 aromatic heterocycles. The third-order valence-corrected chi connectivity index (χ3v) is 2.49. The van der Waals surface area contributed by atoms with Gasteiger partial charge in [-0.1, -0.05) is 6.07 Å². The summed E-state index contributed by atoms with van der Waals surface area (Å²) in [5.74, 6) is 5.89. The molecule has 1 rings (SSSR count). The van der Waals surface area contributed by atoms with Crippen molar-refractivity contribution in [3.63, 3.8) is 0 Å². The Hall–Kier alpha value is -1.07. The molecule has 4 N–H and O–H groups in total. The summed E-state index contributed by atoms with van der Waals surface area (Å²) in [5.41, 5.74) is 4.64. The van der Waals surface area contributed by atoms with Crippen molar-refractivity contribution < 1.29 is 0 Å². The van der Waals surface area contributed by atoms with Crippen molar-refractivity contribution in [2.75, 3.05) is 11.9 Å². The van der Waals surface area contributed by atoms with E-state index >= 15 is 0 Å². The smallest absolute Gasteiger partial charge is 0.210 e. The van der Waals surface area contributed by atoms with Crippen molar-refractivity contribution in [2.24, 2.45) is 10.8 Å². The molecule has 15 heavy (non-hydrogen) atoms. The predicted molar refractivity (Wildman–Crippen MR) is 67.8 cm³/mol. The molecule has 4 nitrogen and oxygen atoms in total. The van der Waals surface area contributed by atoms with Crippen LogP contribution in [0.3, 0.4) is 0 Å². The lowest BCUT2D eigenvalue weighted by molar-refractivity contribution is 0.986. The number of hydrazine groups is 1. The van der Waals surface area contributed by atoms with Crippen molar-refractivity contribution in [1.29, 1.82) is 0 Å². The minimum absolute atomic E-state index is 0.557. The Labute approximate surface area is 98.1 Å². The molecular weight excluding hydrogens is 256 g/mol. The number of halogens is 1. The van der Waals surface area contributed by atoms with Crippen LogP contribution >= 0.6 is 15.9 Å². The summed E-state index contributed by atoms with van der Waals surface area (Å²) in [6.45, 7) is 4.66. The van der Waals surface area contributed by atoms with Crippen molar-refractivity contribution in [3.8, 4) is 0 Å². The monoisotopic (exact) mass is 270 g/mol. The summed E-state index contributed by atoms with van der Waals surface area (Å²) in [4.78, 5) is 4.15. The number of benzene rings is 1. The van der Waals surface area contributed by atoms with Gasteiger partial charge in [-0.15, -0.1) is 0 Å². The third-order valence-electron chi connectivity index (χ3n) is 1.83. The van der Waals surface area contributed by atoms with Gasteiger partial charge in [-0.05, 0) is 47.5 Å². The highest BCUT2D eigenvalue weighted by Gasteiger charge is 2.01. The number of guanidine groups is 1. The van der Waals surface area contributed by atoms with Crippen LogP contribution in [0.5, 0.6) is 0 Å². The van der Waals surface area contributed by atoms with Crippen molar-refractivity contribution in [3.05, 3.63) is 28.2 Å². The highest BCUT2D eigenvalue weighted by molar-refractivity contribution is 9.10. The Bertz CT molecular complexity index is 362. The van der Waals surface area contributed by atoms with E-state index in [9.17, 15) is 0 Å². The fourth-order valence-corrected chi connectivity index (χ4v) is 1.72. The lowest BCUT2D eigenvalue weighted by atomic mass is 10.2. The summed E-state index contributed by atoms with van der Waals surface area (Å²) >= 11 is 3.47. The second-order valence-corrected chi connectivity index (χ2v) is 3.93. The first-order valence-electron chi connectivity index (χ1n) is 4.71. The summed E-state index contributed by atoms with van der Waals surface area (Å²) in [6.07, 6.45) is 0. The quantitative estimate of drug-likeness (QED) is 0.334. The average molecular weight is 271 g/mol. The molecule has 0 amide bonds. The van der Waals surface area contributed by atoms with Crippen molar-refractivity contribution in [2.45, 2.75) is 13.8 Å². The maximum absolute atomic E-state index is 5.33. The van der Waals surface area contributed by atoms with Crippen LogP contribution in [0.15, 0.2) is 27.7 Å². The number of hydrogen-bond donors (Lipinski definition) is 3. The van der Waals surface area contributed by atoms with Gasteiger partial charge in [0.2, 0.25) is 5.96 Å². The van der Waals surface area contributed by atoms with E-state index in [4.69, 9.17) is 5.84 Å². The van der Waals surface area contributed by atoms with Crippen molar-refractivity contribution >= 4 is 27.6 Å². The number of aryl methyl sites for hydroxylation is 1. The second-order valence-electron chi connectivity index (χ2n) is 3.08. The van der Waals surface area contributed by atoms with Gasteiger partial charge in [0.25, 0.3) is 0 Å². The number of rotatable bonds is 2. The fourth-order valence-electron chi connectivity index (χ4n) is 1.13. The number of anilines is 1. The summed E-state index contributed by atoms with van der Waals surface area (Å²) < 4.78 is 0.988. The van der Waals surface area contributed by atoms with Gasteiger partial charge in [-0.2, -0.15) is 0 Å². The maximum Gasteiger partial charge on any atom is 0.210 e. The number of aliphatic imine (C=N–C) groups is 1. The molecular formula is C10H15BrN4. The molecule has 0 fully saturated rings. The Kier molecular flexibility index (Phi) is 4.58.